The summed E-state index contributed by atoms with van der Waals surface area (Å²) in [5.41, 5.74) is 0.173. The minimum absolute atomic E-state index is 0.128. The maximum atomic E-state index is 11.8. The molecule has 0 bridgehead atoms. The quantitative estimate of drug-likeness (QED) is 0.796. The van der Waals surface area contributed by atoms with E-state index >= 15 is 0 Å². The lowest BCUT2D eigenvalue weighted by molar-refractivity contribution is 0.296. The van der Waals surface area contributed by atoms with Gasteiger partial charge in [-0.15, -0.1) is 0 Å². The summed E-state index contributed by atoms with van der Waals surface area (Å²) in [6, 6.07) is 6.92. The van der Waals surface area contributed by atoms with Crippen molar-refractivity contribution in [3.8, 4) is 5.75 Å². The Bertz CT molecular complexity index is 801. The third-order valence-corrected chi connectivity index (χ3v) is 2.83. The summed E-state index contributed by atoms with van der Waals surface area (Å²) in [5.74, 6) is 1.02. The lowest BCUT2D eigenvalue weighted by atomic mass is 10.3. The number of rotatable bonds is 3. The smallest absolute Gasteiger partial charge is 0.279 e. The summed E-state index contributed by atoms with van der Waals surface area (Å²) in [6.07, 6.45) is 2.93. The van der Waals surface area contributed by atoms with Gasteiger partial charge in [0.2, 0.25) is 0 Å². The van der Waals surface area contributed by atoms with Crippen LogP contribution in [-0.2, 0) is 6.61 Å². The second-order valence-corrected chi connectivity index (χ2v) is 4.42. The second-order valence-electron chi connectivity index (χ2n) is 3.98. The zero-order chi connectivity index (χ0) is 13.9. The van der Waals surface area contributed by atoms with Crippen molar-refractivity contribution >= 4 is 22.8 Å². The van der Waals surface area contributed by atoms with Gasteiger partial charge in [0, 0.05) is 17.4 Å². The Balaban J connectivity index is 1.84. The normalized spacial score (nSPS) is 10.7. The molecule has 20 heavy (non-hydrogen) atoms. The number of aromatic amines is 1. The van der Waals surface area contributed by atoms with Gasteiger partial charge in [0.1, 0.15) is 18.2 Å². The van der Waals surface area contributed by atoms with Crippen LogP contribution in [0.25, 0.3) is 11.2 Å². The maximum Gasteiger partial charge on any atom is 0.279 e. The number of fused-ring (bicyclic) bond motifs is 1. The van der Waals surface area contributed by atoms with Crippen molar-refractivity contribution in [2.75, 3.05) is 0 Å². The molecule has 0 saturated carbocycles. The first kappa shape index (κ1) is 12.6. The van der Waals surface area contributed by atoms with Crippen LogP contribution in [0, 0.1) is 0 Å². The molecule has 3 aromatic rings. The zero-order valence-corrected chi connectivity index (χ0v) is 11.0. The Kier molecular flexibility index (Phi) is 3.30. The lowest BCUT2D eigenvalue weighted by Crippen LogP contribution is -2.15. The number of nitrogens with zero attached hydrogens (tertiary/aromatic N) is 3. The number of ether oxygens (including phenoxy) is 1. The zero-order valence-electron chi connectivity index (χ0n) is 10.2. The van der Waals surface area contributed by atoms with Crippen molar-refractivity contribution in [1.29, 1.82) is 0 Å². The molecule has 1 N–H and O–H groups in total. The van der Waals surface area contributed by atoms with Crippen LogP contribution in [0.5, 0.6) is 5.75 Å². The van der Waals surface area contributed by atoms with Crippen LogP contribution in [0.1, 0.15) is 5.82 Å². The van der Waals surface area contributed by atoms with E-state index in [2.05, 4.69) is 19.9 Å². The first-order valence-electron chi connectivity index (χ1n) is 5.80. The first-order chi connectivity index (χ1) is 9.72. The van der Waals surface area contributed by atoms with Crippen LogP contribution in [0.15, 0.2) is 41.5 Å². The standard InChI is InChI=1S/C13H9ClN4O2/c14-8-1-3-9(4-2-8)20-7-10-17-12-11(13(19)18-10)15-5-6-16-12/h1-6H,7H2,(H,16,17,18,19). The molecule has 2 heterocycles. The topological polar surface area (TPSA) is 80.8 Å². The van der Waals surface area contributed by atoms with Gasteiger partial charge in [-0.05, 0) is 24.3 Å². The van der Waals surface area contributed by atoms with E-state index in [1.165, 1.54) is 12.4 Å². The van der Waals surface area contributed by atoms with Crippen LogP contribution >= 0.6 is 11.6 Å². The molecule has 0 saturated heterocycles. The van der Waals surface area contributed by atoms with E-state index < -0.39 is 0 Å². The number of benzene rings is 1. The van der Waals surface area contributed by atoms with Crippen LogP contribution in [-0.4, -0.2) is 19.9 Å². The molecule has 100 valence electrons. The average Bonchev–Trinajstić information content (AvgIpc) is 2.47. The van der Waals surface area contributed by atoms with E-state index in [1.807, 2.05) is 0 Å². The van der Waals surface area contributed by atoms with Crippen LogP contribution in [0.2, 0.25) is 5.02 Å². The highest BCUT2D eigenvalue weighted by molar-refractivity contribution is 6.30. The van der Waals surface area contributed by atoms with E-state index in [9.17, 15) is 4.79 Å². The molecule has 0 amide bonds. The Morgan fingerprint density at radius 2 is 1.90 bits per heavy atom. The van der Waals surface area contributed by atoms with Gasteiger partial charge >= 0.3 is 0 Å². The van der Waals surface area contributed by atoms with Crippen LogP contribution in [0.3, 0.4) is 0 Å². The summed E-state index contributed by atoms with van der Waals surface area (Å²) >= 11 is 5.78. The van der Waals surface area contributed by atoms with Gasteiger partial charge < -0.3 is 9.72 Å². The predicted molar refractivity (Wildman–Crippen MR) is 73.7 cm³/mol. The van der Waals surface area contributed by atoms with E-state index in [-0.39, 0.29) is 17.7 Å². The van der Waals surface area contributed by atoms with Gasteiger partial charge in [-0.3, -0.25) is 4.79 Å². The van der Waals surface area contributed by atoms with Gasteiger partial charge in [0.15, 0.2) is 11.2 Å². The molecule has 1 aromatic carbocycles. The predicted octanol–water partition coefficient (Wildman–Crippen LogP) is 1.95. The molecule has 0 atom stereocenters. The molecule has 0 radical (unpaired) electrons. The molecular formula is C13H9ClN4O2. The van der Waals surface area contributed by atoms with Crippen molar-refractivity contribution < 1.29 is 4.74 Å². The maximum absolute atomic E-state index is 11.8. The van der Waals surface area contributed by atoms with Crippen LogP contribution in [0.4, 0.5) is 0 Å². The molecule has 0 aliphatic heterocycles. The third-order valence-electron chi connectivity index (χ3n) is 2.58. The highest BCUT2D eigenvalue weighted by Crippen LogP contribution is 2.16. The minimum atomic E-state index is -0.335. The monoisotopic (exact) mass is 288 g/mol. The van der Waals surface area contributed by atoms with Gasteiger partial charge in [-0.25, -0.2) is 15.0 Å². The minimum Gasteiger partial charge on any atom is -0.486 e. The average molecular weight is 289 g/mol. The molecule has 6 nitrogen and oxygen atoms in total. The van der Waals surface area contributed by atoms with E-state index in [0.717, 1.165) is 0 Å². The van der Waals surface area contributed by atoms with Crippen molar-refractivity contribution in [1.82, 2.24) is 19.9 Å². The fourth-order valence-corrected chi connectivity index (χ4v) is 1.80. The third kappa shape index (κ3) is 2.60. The number of nitrogens with one attached hydrogen (secondary N) is 1. The second kappa shape index (κ2) is 5.26. The van der Waals surface area contributed by atoms with Gasteiger partial charge in [0.05, 0.1) is 0 Å². The van der Waals surface area contributed by atoms with Crippen molar-refractivity contribution in [3.63, 3.8) is 0 Å². The van der Waals surface area contributed by atoms with Gasteiger partial charge in [-0.1, -0.05) is 11.6 Å². The molecule has 0 aliphatic carbocycles. The Labute approximate surface area is 118 Å². The Hall–Kier alpha value is -2.47. The molecule has 0 spiro atoms. The first-order valence-corrected chi connectivity index (χ1v) is 6.18. The SMILES string of the molecule is O=c1[nH]c(COc2ccc(Cl)cc2)nc2nccnc12. The molecule has 0 unspecified atom stereocenters. The number of hydrogen-bond donors (Lipinski definition) is 1. The number of aromatic nitrogens is 4. The fourth-order valence-electron chi connectivity index (χ4n) is 1.67. The summed E-state index contributed by atoms with van der Waals surface area (Å²) in [4.78, 5) is 26.5. The van der Waals surface area contributed by atoms with E-state index in [4.69, 9.17) is 16.3 Å². The van der Waals surface area contributed by atoms with Gasteiger partial charge in [0.25, 0.3) is 5.56 Å². The summed E-state index contributed by atoms with van der Waals surface area (Å²) in [6.45, 7) is 0.128. The molecular weight excluding hydrogens is 280 g/mol. The van der Waals surface area contributed by atoms with Crippen LogP contribution < -0.4 is 10.3 Å². The number of H-pyrrole nitrogens is 1. The van der Waals surface area contributed by atoms with Crippen molar-refractivity contribution in [2.45, 2.75) is 6.61 Å². The lowest BCUT2D eigenvalue weighted by Gasteiger charge is -2.05. The van der Waals surface area contributed by atoms with Gasteiger partial charge in [-0.2, -0.15) is 0 Å². The fraction of sp³-hybridized carbons (Fsp3) is 0.0769. The molecule has 7 heteroatoms. The summed E-state index contributed by atoms with van der Waals surface area (Å²) in [5, 5.41) is 0.630. The highest BCUT2D eigenvalue weighted by Gasteiger charge is 2.06. The van der Waals surface area contributed by atoms with Crippen molar-refractivity contribution in [2.24, 2.45) is 0 Å². The molecule has 0 aliphatic rings. The molecule has 3 rings (SSSR count). The largest absolute Gasteiger partial charge is 0.486 e. The Morgan fingerprint density at radius 1 is 1.15 bits per heavy atom. The van der Waals surface area contributed by atoms with E-state index in [0.29, 0.717) is 22.2 Å². The number of halogens is 1. The number of hydrogen-bond acceptors (Lipinski definition) is 5. The molecule has 0 fully saturated rings. The summed E-state index contributed by atoms with van der Waals surface area (Å²) in [7, 11) is 0. The van der Waals surface area contributed by atoms with Crippen molar-refractivity contribution in [3.05, 3.63) is 57.9 Å². The Morgan fingerprint density at radius 3 is 2.70 bits per heavy atom. The highest BCUT2D eigenvalue weighted by atomic mass is 35.5. The molecule has 2 aromatic heterocycles. The summed E-state index contributed by atoms with van der Waals surface area (Å²) < 4.78 is 5.51. The van der Waals surface area contributed by atoms with E-state index in [1.54, 1.807) is 24.3 Å².